The number of nitrogens with zero attached hydrogens (tertiary/aromatic N) is 2. The molecule has 148 valence electrons. The first-order valence-corrected chi connectivity index (χ1v) is 11.0. The van der Waals surface area contributed by atoms with Gasteiger partial charge in [0, 0.05) is 25.6 Å². The zero-order chi connectivity index (χ0) is 19.9. The van der Waals surface area contributed by atoms with Crippen LogP contribution in [0.5, 0.6) is 0 Å². The van der Waals surface area contributed by atoms with Gasteiger partial charge in [0.25, 0.3) is 0 Å². The lowest BCUT2D eigenvalue weighted by Gasteiger charge is -2.28. The van der Waals surface area contributed by atoms with Crippen molar-refractivity contribution in [1.29, 1.82) is 0 Å². The minimum atomic E-state index is -3.37. The number of benzene rings is 2. The fourth-order valence-electron chi connectivity index (χ4n) is 4.33. The minimum absolute atomic E-state index is 0.00324. The minimum Gasteiger partial charge on any atom is -0.324 e. The summed E-state index contributed by atoms with van der Waals surface area (Å²) in [7, 11) is -3.37. The Morgan fingerprint density at radius 2 is 1.71 bits per heavy atom. The number of rotatable bonds is 3. The van der Waals surface area contributed by atoms with Crippen molar-refractivity contribution in [2.45, 2.75) is 6.04 Å². The van der Waals surface area contributed by atoms with Crippen LogP contribution < -0.4 is 5.32 Å². The predicted molar refractivity (Wildman–Crippen MR) is 105 cm³/mol. The standard InChI is InChI=1S/C20H22FN3O3S/c1-28(26,27)24-12-15-11-23(20(25)22-18-10-6-5-9-17(18)21)13-16(15)19(24)14-7-3-2-4-8-14/h2-10,15-16,19H,11-13H2,1H3,(H,22,25)/t15-,16-,19+/m1/s1. The van der Waals surface area contributed by atoms with Crippen LogP contribution in [-0.2, 0) is 10.0 Å². The molecule has 2 aromatic carbocycles. The van der Waals surface area contributed by atoms with Crippen molar-refractivity contribution in [2.24, 2.45) is 11.8 Å². The first kappa shape index (κ1) is 18.9. The molecule has 4 rings (SSSR count). The van der Waals surface area contributed by atoms with Crippen LogP contribution in [0, 0.1) is 17.7 Å². The molecule has 8 heteroatoms. The van der Waals surface area contributed by atoms with E-state index in [4.69, 9.17) is 0 Å². The lowest BCUT2D eigenvalue weighted by Crippen LogP contribution is -2.38. The topological polar surface area (TPSA) is 69.7 Å². The largest absolute Gasteiger partial charge is 0.324 e. The molecule has 2 aliphatic heterocycles. The Hall–Kier alpha value is -2.45. The number of urea groups is 1. The van der Waals surface area contributed by atoms with Gasteiger partial charge in [0.1, 0.15) is 5.82 Å². The Labute approximate surface area is 164 Å². The van der Waals surface area contributed by atoms with Crippen molar-refractivity contribution in [3.8, 4) is 0 Å². The maximum atomic E-state index is 13.8. The van der Waals surface area contributed by atoms with Gasteiger partial charge in [-0.2, -0.15) is 4.31 Å². The van der Waals surface area contributed by atoms with Gasteiger partial charge in [-0.3, -0.25) is 0 Å². The Bertz CT molecular complexity index is 983. The Morgan fingerprint density at radius 3 is 2.39 bits per heavy atom. The number of carbonyl (C=O) groups is 1. The van der Waals surface area contributed by atoms with Crippen molar-refractivity contribution >= 4 is 21.7 Å². The number of halogens is 1. The fraction of sp³-hybridized carbons (Fsp3) is 0.350. The second-order valence-corrected chi connectivity index (χ2v) is 9.36. The van der Waals surface area contributed by atoms with Gasteiger partial charge in [0.05, 0.1) is 18.0 Å². The third kappa shape index (κ3) is 3.49. The number of nitrogens with one attached hydrogen (secondary N) is 1. The van der Waals surface area contributed by atoms with Crippen molar-refractivity contribution in [3.05, 3.63) is 66.0 Å². The molecule has 2 fully saturated rings. The molecule has 0 unspecified atom stereocenters. The molecule has 2 aliphatic rings. The molecule has 0 spiro atoms. The van der Waals surface area contributed by atoms with Crippen LogP contribution in [0.15, 0.2) is 54.6 Å². The van der Waals surface area contributed by atoms with Crippen molar-refractivity contribution < 1.29 is 17.6 Å². The molecule has 6 nitrogen and oxygen atoms in total. The van der Waals surface area contributed by atoms with Gasteiger partial charge in [-0.05, 0) is 23.6 Å². The summed E-state index contributed by atoms with van der Waals surface area (Å²) in [6, 6.07) is 14.9. The summed E-state index contributed by atoms with van der Waals surface area (Å²) in [6.07, 6.45) is 1.23. The normalized spacial score (nSPS) is 24.9. The number of carbonyl (C=O) groups excluding carboxylic acids is 1. The maximum Gasteiger partial charge on any atom is 0.321 e. The summed E-state index contributed by atoms with van der Waals surface area (Å²) >= 11 is 0. The van der Waals surface area contributed by atoms with E-state index in [-0.39, 0.29) is 29.6 Å². The summed E-state index contributed by atoms with van der Waals surface area (Å²) in [6.45, 7) is 1.25. The molecule has 2 saturated heterocycles. The molecule has 0 aliphatic carbocycles. The van der Waals surface area contributed by atoms with E-state index in [0.29, 0.717) is 19.6 Å². The van der Waals surface area contributed by atoms with Crippen LogP contribution in [0.2, 0.25) is 0 Å². The van der Waals surface area contributed by atoms with E-state index in [0.717, 1.165) is 5.56 Å². The van der Waals surface area contributed by atoms with Gasteiger partial charge in [-0.15, -0.1) is 0 Å². The molecule has 0 saturated carbocycles. The number of amides is 2. The number of likely N-dealkylation sites (tertiary alicyclic amines) is 1. The highest BCUT2D eigenvalue weighted by Crippen LogP contribution is 2.46. The maximum absolute atomic E-state index is 13.8. The number of hydrogen-bond donors (Lipinski definition) is 1. The average Bonchev–Trinajstić information content (AvgIpc) is 3.22. The zero-order valence-electron chi connectivity index (χ0n) is 15.5. The molecular weight excluding hydrogens is 381 g/mol. The number of fused-ring (bicyclic) bond motifs is 1. The monoisotopic (exact) mass is 403 g/mol. The molecule has 2 amide bonds. The van der Waals surface area contributed by atoms with Crippen LogP contribution in [0.25, 0.3) is 0 Å². The highest BCUT2D eigenvalue weighted by atomic mass is 32.2. The highest BCUT2D eigenvalue weighted by Gasteiger charge is 2.51. The highest BCUT2D eigenvalue weighted by molar-refractivity contribution is 7.88. The second-order valence-electron chi connectivity index (χ2n) is 7.43. The molecule has 0 radical (unpaired) electrons. The van der Waals surface area contributed by atoms with Crippen molar-refractivity contribution in [2.75, 3.05) is 31.2 Å². The van der Waals surface area contributed by atoms with Gasteiger partial charge in [0.15, 0.2) is 0 Å². The molecule has 2 aromatic rings. The van der Waals surface area contributed by atoms with E-state index in [1.807, 2.05) is 30.3 Å². The van der Waals surface area contributed by atoms with E-state index < -0.39 is 15.8 Å². The summed E-state index contributed by atoms with van der Waals surface area (Å²) in [4.78, 5) is 14.3. The van der Waals surface area contributed by atoms with Gasteiger partial charge < -0.3 is 10.2 Å². The lowest BCUT2D eigenvalue weighted by molar-refractivity contribution is 0.214. The Kier molecular flexibility index (Phi) is 4.84. The van der Waals surface area contributed by atoms with E-state index in [1.54, 1.807) is 21.3 Å². The number of sulfonamides is 1. The number of para-hydroxylation sites is 1. The van der Waals surface area contributed by atoms with E-state index in [9.17, 15) is 17.6 Å². The predicted octanol–water partition coefficient (Wildman–Crippen LogP) is 2.92. The van der Waals surface area contributed by atoms with Crippen molar-refractivity contribution in [1.82, 2.24) is 9.21 Å². The van der Waals surface area contributed by atoms with E-state index in [1.165, 1.54) is 18.4 Å². The smallest absolute Gasteiger partial charge is 0.321 e. The third-order valence-corrected chi connectivity index (χ3v) is 6.82. The van der Waals surface area contributed by atoms with E-state index in [2.05, 4.69) is 5.32 Å². The molecule has 0 aromatic heterocycles. The molecule has 0 bridgehead atoms. The lowest BCUT2D eigenvalue weighted by atomic mass is 9.90. The average molecular weight is 403 g/mol. The molecule has 3 atom stereocenters. The van der Waals surface area contributed by atoms with Gasteiger partial charge in [-0.1, -0.05) is 42.5 Å². The van der Waals surface area contributed by atoms with E-state index >= 15 is 0 Å². The summed E-state index contributed by atoms with van der Waals surface area (Å²) in [5.74, 6) is -0.435. The first-order chi connectivity index (χ1) is 13.3. The van der Waals surface area contributed by atoms with Gasteiger partial charge in [-0.25, -0.2) is 17.6 Å². The third-order valence-electron chi connectivity index (χ3n) is 5.59. The van der Waals surface area contributed by atoms with Crippen LogP contribution in [0.1, 0.15) is 11.6 Å². The second kappa shape index (κ2) is 7.18. The van der Waals surface area contributed by atoms with Crippen LogP contribution in [-0.4, -0.2) is 49.5 Å². The quantitative estimate of drug-likeness (QED) is 0.857. The number of anilines is 1. The Morgan fingerprint density at radius 1 is 1.04 bits per heavy atom. The van der Waals surface area contributed by atoms with Gasteiger partial charge in [0.2, 0.25) is 10.0 Å². The van der Waals surface area contributed by atoms with Crippen LogP contribution in [0.4, 0.5) is 14.9 Å². The molecule has 28 heavy (non-hydrogen) atoms. The van der Waals surface area contributed by atoms with Crippen LogP contribution >= 0.6 is 0 Å². The molecular formula is C20H22FN3O3S. The summed E-state index contributed by atoms with van der Waals surface area (Å²) in [5, 5.41) is 2.62. The SMILES string of the molecule is CS(=O)(=O)N1C[C@H]2CN(C(=O)Nc3ccccc3F)C[C@H]2[C@@H]1c1ccccc1. The van der Waals surface area contributed by atoms with Crippen molar-refractivity contribution in [3.63, 3.8) is 0 Å². The first-order valence-electron chi connectivity index (χ1n) is 9.17. The Balaban J connectivity index is 1.55. The van der Waals surface area contributed by atoms with Crippen LogP contribution in [0.3, 0.4) is 0 Å². The fourth-order valence-corrected chi connectivity index (χ4v) is 5.49. The number of hydrogen-bond acceptors (Lipinski definition) is 3. The summed E-state index contributed by atoms with van der Waals surface area (Å²) in [5.41, 5.74) is 1.07. The molecule has 1 N–H and O–H groups in total. The summed E-state index contributed by atoms with van der Waals surface area (Å²) < 4.78 is 40.0. The molecule has 2 heterocycles. The van der Waals surface area contributed by atoms with Gasteiger partial charge >= 0.3 is 6.03 Å². The zero-order valence-corrected chi connectivity index (χ0v) is 16.3.